The number of benzene rings is 2. The molecular weight excluding hydrogens is 330 g/mol. The van der Waals surface area contributed by atoms with Gasteiger partial charge in [0, 0.05) is 0 Å². The molecule has 2 aromatic rings. The van der Waals surface area contributed by atoms with Crippen LogP contribution in [0.25, 0.3) is 10.8 Å². The number of rotatable bonds is 5. The Hall–Kier alpha value is -1.34. The van der Waals surface area contributed by atoms with Crippen LogP contribution >= 0.6 is 12.2 Å². The summed E-state index contributed by atoms with van der Waals surface area (Å²) in [5.74, 6) is -0.187. The molecule has 0 heterocycles. The lowest BCUT2D eigenvalue weighted by Gasteiger charge is -1.97. The number of thiocarbonyl (C=S) groups is 1. The summed E-state index contributed by atoms with van der Waals surface area (Å²) in [5, 5.41) is 2.62. The summed E-state index contributed by atoms with van der Waals surface area (Å²) in [6.45, 7) is 1.93. The molecule has 2 aromatic carbocycles. The first kappa shape index (κ1) is 21.7. The maximum Gasteiger partial charge on any atom is 0.264 e. The predicted molar refractivity (Wildman–Crippen MR) is 103 cm³/mol. The van der Waals surface area contributed by atoms with Gasteiger partial charge in [0.2, 0.25) is 0 Å². The van der Waals surface area contributed by atoms with Crippen LogP contribution in [0.5, 0.6) is 0 Å². The summed E-state index contributed by atoms with van der Waals surface area (Å²) in [6.07, 6.45) is 1.82. The van der Waals surface area contributed by atoms with Crippen molar-refractivity contribution in [3.8, 4) is 0 Å². The molecule has 6 heteroatoms. The first-order valence-corrected chi connectivity index (χ1v) is 9.42. The third kappa shape index (κ3) is 10.9. The Morgan fingerprint density at radius 1 is 1.04 bits per heavy atom. The average molecular weight is 356 g/mol. The van der Waals surface area contributed by atoms with Gasteiger partial charge in [-0.25, -0.2) is 0 Å². The molecule has 0 amide bonds. The van der Waals surface area contributed by atoms with E-state index in [-0.39, 0.29) is 5.75 Å². The van der Waals surface area contributed by atoms with Crippen LogP contribution < -0.4 is 5.73 Å². The third-order valence-corrected chi connectivity index (χ3v) is 4.21. The maximum atomic E-state index is 10.2. The topological polar surface area (TPSA) is 80.4 Å². The summed E-state index contributed by atoms with van der Waals surface area (Å²) in [7, 11) is -2.29. The van der Waals surface area contributed by atoms with Gasteiger partial charge in [0.05, 0.1) is 5.75 Å². The Morgan fingerprint density at radius 3 is 1.74 bits per heavy atom. The highest BCUT2D eigenvalue weighted by Gasteiger charge is 2.03. The minimum atomic E-state index is -3.79. The number of nitrogens with two attached hydrogens (primary N) is 1. The van der Waals surface area contributed by atoms with Crippen LogP contribution in [0.15, 0.2) is 48.5 Å². The molecule has 23 heavy (non-hydrogen) atoms. The molecule has 4 nitrogen and oxygen atoms in total. The molecule has 0 saturated heterocycles. The zero-order valence-electron chi connectivity index (χ0n) is 13.6. The van der Waals surface area contributed by atoms with Crippen molar-refractivity contribution < 1.29 is 13.0 Å². The van der Waals surface area contributed by atoms with E-state index in [4.69, 9.17) is 16.8 Å². The van der Waals surface area contributed by atoms with E-state index in [0.717, 1.165) is 11.3 Å². The second kappa shape index (κ2) is 12.1. The van der Waals surface area contributed by atoms with E-state index >= 15 is 0 Å². The molecule has 128 valence electrons. The molecule has 3 N–H and O–H groups in total. The second-order valence-corrected chi connectivity index (χ2v) is 6.78. The van der Waals surface area contributed by atoms with Gasteiger partial charge in [-0.05, 0) is 41.9 Å². The molecule has 0 spiro atoms. The van der Waals surface area contributed by atoms with Crippen LogP contribution in [0.2, 0.25) is 0 Å². The van der Waals surface area contributed by atoms with Crippen LogP contribution in [0.3, 0.4) is 0 Å². The fraction of sp³-hybridized carbons (Fsp3) is 0.353. The van der Waals surface area contributed by atoms with Crippen molar-refractivity contribution in [3.63, 3.8) is 0 Å². The van der Waals surface area contributed by atoms with E-state index in [2.05, 4.69) is 54.3 Å². The summed E-state index contributed by atoms with van der Waals surface area (Å²) in [6, 6.07) is 16.7. The highest BCUT2D eigenvalue weighted by atomic mass is 32.2. The lowest BCUT2D eigenvalue weighted by molar-refractivity contribution is 0.481. The fourth-order valence-electron chi connectivity index (χ4n) is 1.76. The molecule has 0 aliphatic heterocycles. The lowest BCUT2D eigenvalue weighted by Crippen LogP contribution is -2.05. The third-order valence-electron chi connectivity index (χ3n) is 2.91. The second-order valence-electron chi connectivity index (χ2n) is 4.63. The van der Waals surface area contributed by atoms with Gasteiger partial charge in [0.25, 0.3) is 10.1 Å². The summed E-state index contributed by atoms with van der Waals surface area (Å²) in [4.78, 5) is 0.855. The van der Waals surface area contributed by atoms with Crippen molar-refractivity contribution in [1.29, 1.82) is 0 Å². The zero-order chi connectivity index (χ0) is 17.7. The van der Waals surface area contributed by atoms with Gasteiger partial charge in [-0.1, -0.05) is 67.7 Å². The van der Waals surface area contributed by atoms with Crippen molar-refractivity contribution in [2.75, 3.05) is 12.8 Å². The van der Waals surface area contributed by atoms with Gasteiger partial charge < -0.3 is 5.73 Å². The molecule has 0 saturated carbocycles. The Bertz CT molecular complexity index is 620. The van der Waals surface area contributed by atoms with E-state index in [0.29, 0.717) is 12.8 Å². The van der Waals surface area contributed by atoms with Crippen molar-refractivity contribution in [1.82, 2.24) is 0 Å². The monoisotopic (exact) mass is 355 g/mol. The van der Waals surface area contributed by atoms with Crippen molar-refractivity contribution >= 4 is 38.0 Å². The molecule has 0 unspecified atom stereocenters. The first-order chi connectivity index (χ1) is 10.9. The Morgan fingerprint density at radius 2 is 1.43 bits per heavy atom. The number of hydrogen-bond donors (Lipinski definition) is 2. The Kier molecular flexibility index (Phi) is 11.4. The van der Waals surface area contributed by atoms with E-state index in [1.165, 1.54) is 17.8 Å². The van der Waals surface area contributed by atoms with Crippen LogP contribution in [0.4, 0.5) is 0 Å². The van der Waals surface area contributed by atoms with E-state index in [1.54, 1.807) is 0 Å². The predicted octanol–water partition coefficient (Wildman–Crippen LogP) is 3.85. The average Bonchev–Trinajstić information content (AvgIpc) is 2.56. The maximum absolute atomic E-state index is 10.2. The molecule has 2 rings (SSSR count). The van der Waals surface area contributed by atoms with E-state index in [9.17, 15) is 8.42 Å². The van der Waals surface area contributed by atoms with Crippen molar-refractivity contribution in [2.45, 2.75) is 26.2 Å². The first-order valence-electron chi connectivity index (χ1n) is 7.40. The van der Waals surface area contributed by atoms with E-state index in [1.807, 2.05) is 6.92 Å². The molecular formula is C17H25NO3S2. The molecule has 0 aliphatic rings. The lowest BCUT2D eigenvalue weighted by atomic mass is 10.1. The Balaban J connectivity index is 0.000000380. The Labute approximate surface area is 144 Å². The molecule has 0 radical (unpaired) electrons. The smallest absolute Gasteiger partial charge is 0.264 e. The standard InChI is InChI=1S/C10H8.C6H12O3S2.CH5N/c1-2-6-10-8-4-3-7-9(10)5-1;1-2-6(10)4-3-5-11(7,8)9;1-2/h1-8H;2-5H2,1H3,(H,7,8,9);2H2,1H3. The molecule has 0 aliphatic carbocycles. The quantitative estimate of drug-likeness (QED) is 0.629. The highest BCUT2D eigenvalue weighted by Crippen LogP contribution is 2.11. The van der Waals surface area contributed by atoms with Gasteiger partial charge in [-0.15, -0.1) is 0 Å². The van der Waals surface area contributed by atoms with Gasteiger partial charge in [-0.3, -0.25) is 4.55 Å². The van der Waals surface area contributed by atoms with Crippen molar-refractivity contribution in [2.24, 2.45) is 5.73 Å². The SMILES string of the molecule is CCC(=S)CCCS(=O)(=O)O.CN.c1ccc2ccccc2c1. The van der Waals surface area contributed by atoms with Crippen molar-refractivity contribution in [3.05, 3.63) is 48.5 Å². The van der Waals surface area contributed by atoms with Gasteiger partial charge in [0.15, 0.2) is 0 Å². The summed E-state index contributed by atoms with van der Waals surface area (Å²) in [5.41, 5.74) is 4.50. The molecule has 0 fully saturated rings. The fourth-order valence-corrected chi connectivity index (χ4v) is 2.41. The minimum absolute atomic E-state index is 0.187. The summed E-state index contributed by atoms with van der Waals surface area (Å²) < 4.78 is 28.8. The molecule has 0 atom stereocenters. The van der Waals surface area contributed by atoms with Crippen LogP contribution in [0, 0.1) is 0 Å². The van der Waals surface area contributed by atoms with Crippen LogP contribution in [-0.2, 0) is 10.1 Å². The molecule has 0 bridgehead atoms. The zero-order valence-corrected chi connectivity index (χ0v) is 15.2. The largest absolute Gasteiger partial charge is 0.333 e. The van der Waals surface area contributed by atoms with Gasteiger partial charge >= 0.3 is 0 Å². The van der Waals surface area contributed by atoms with Gasteiger partial charge in [-0.2, -0.15) is 8.42 Å². The van der Waals surface area contributed by atoms with Crippen LogP contribution in [0.1, 0.15) is 26.2 Å². The minimum Gasteiger partial charge on any atom is -0.333 e. The molecule has 0 aromatic heterocycles. The van der Waals surface area contributed by atoms with Crippen LogP contribution in [-0.4, -0.2) is 30.6 Å². The summed E-state index contributed by atoms with van der Waals surface area (Å²) >= 11 is 4.87. The highest BCUT2D eigenvalue weighted by molar-refractivity contribution is 7.85. The number of hydrogen-bond acceptors (Lipinski definition) is 4. The normalized spacial score (nSPS) is 10.1. The van der Waals surface area contributed by atoms with Gasteiger partial charge in [0.1, 0.15) is 0 Å². The van der Waals surface area contributed by atoms with E-state index < -0.39 is 10.1 Å². The number of fused-ring (bicyclic) bond motifs is 1.